The van der Waals surface area contributed by atoms with Gasteiger partial charge in [-0.1, -0.05) is 34.1 Å². The van der Waals surface area contributed by atoms with Crippen LogP contribution in [0, 0.1) is 5.82 Å². The summed E-state index contributed by atoms with van der Waals surface area (Å²) in [5.41, 5.74) is 0.362. The topological polar surface area (TPSA) is 46.5 Å². The van der Waals surface area contributed by atoms with E-state index >= 15 is 0 Å². The Kier molecular flexibility index (Phi) is 4.77. The van der Waals surface area contributed by atoms with Crippen LogP contribution in [-0.2, 0) is 6.61 Å². The number of halogens is 3. The Morgan fingerprint density at radius 3 is 2.60 bits per heavy atom. The van der Waals surface area contributed by atoms with Crippen LogP contribution in [0.1, 0.15) is 15.9 Å². The van der Waals surface area contributed by atoms with E-state index in [1.807, 2.05) is 0 Å². The molecule has 20 heavy (non-hydrogen) atoms. The van der Waals surface area contributed by atoms with E-state index in [-0.39, 0.29) is 17.9 Å². The van der Waals surface area contributed by atoms with E-state index in [1.54, 1.807) is 24.3 Å². The molecule has 0 amide bonds. The molecule has 104 valence electrons. The van der Waals surface area contributed by atoms with E-state index in [0.717, 1.165) is 0 Å². The molecule has 1 N–H and O–H groups in total. The van der Waals surface area contributed by atoms with Crippen LogP contribution in [0.5, 0.6) is 5.75 Å². The van der Waals surface area contributed by atoms with Crippen LogP contribution in [0.25, 0.3) is 0 Å². The number of hydrogen-bond acceptors (Lipinski definition) is 2. The Morgan fingerprint density at radius 1 is 1.25 bits per heavy atom. The summed E-state index contributed by atoms with van der Waals surface area (Å²) in [6.07, 6.45) is 0. The fourth-order valence-electron chi connectivity index (χ4n) is 1.63. The number of benzene rings is 2. The number of carbonyl (C=O) groups is 1. The van der Waals surface area contributed by atoms with Crippen LogP contribution in [0.3, 0.4) is 0 Å². The van der Waals surface area contributed by atoms with Crippen molar-refractivity contribution in [2.75, 3.05) is 0 Å². The van der Waals surface area contributed by atoms with Crippen molar-refractivity contribution >= 4 is 37.8 Å². The number of rotatable bonds is 4. The summed E-state index contributed by atoms with van der Waals surface area (Å²) in [6.45, 7) is -0.0484. The third-order valence-corrected chi connectivity index (χ3v) is 3.62. The monoisotopic (exact) mass is 402 g/mol. The molecule has 0 aliphatic carbocycles. The number of aromatic carboxylic acids is 1. The first-order valence-electron chi connectivity index (χ1n) is 5.57. The first-order chi connectivity index (χ1) is 9.49. The van der Waals surface area contributed by atoms with Gasteiger partial charge < -0.3 is 9.84 Å². The zero-order chi connectivity index (χ0) is 14.7. The number of hydrogen-bond donors (Lipinski definition) is 1. The molecule has 0 radical (unpaired) electrons. The van der Waals surface area contributed by atoms with E-state index in [0.29, 0.717) is 14.5 Å². The number of ether oxygens (including phenoxy) is 1. The van der Waals surface area contributed by atoms with Gasteiger partial charge >= 0.3 is 5.97 Å². The van der Waals surface area contributed by atoms with Crippen LogP contribution in [-0.4, -0.2) is 11.1 Å². The lowest BCUT2D eigenvalue weighted by Crippen LogP contribution is -2.05. The fraction of sp³-hybridized carbons (Fsp3) is 0.0714. The summed E-state index contributed by atoms with van der Waals surface area (Å²) in [6, 6.07) is 9.29. The summed E-state index contributed by atoms with van der Waals surface area (Å²) < 4.78 is 20.1. The molecular weight excluding hydrogens is 395 g/mol. The molecule has 0 aliphatic rings. The molecule has 0 saturated carbocycles. The highest BCUT2D eigenvalue weighted by Crippen LogP contribution is 2.33. The van der Waals surface area contributed by atoms with E-state index in [1.165, 1.54) is 12.1 Å². The fourth-order valence-corrected chi connectivity index (χ4v) is 2.97. The van der Waals surface area contributed by atoms with Gasteiger partial charge in [-0.2, -0.15) is 0 Å². The second kappa shape index (κ2) is 6.37. The van der Waals surface area contributed by atoms with Crippen LogP contribution in [0.15, 0.2) is 45.3 Å². The second-order valence-electron chi connectivity index (χ2n) is 3.95. The van der Waals surface area contributed by atoms with Gasteiger partial charge in [-0.25, -0.2) is 9.18 Å². The van der Waals surface area contributed by atoms with Crippen LogP contribution in [0.4, 0.5) is 4.39 Å². The summed E-state index contributed by atoms with van der Waals surface area (Å²) in [5.74, 6) is -1.34. The number of carboxylic acids is 1. The molecule has 0 aromatic heterocycles. The second-order valence-corrected chi connectivity index (χ2v) is 5.72. The highest BCUT2D eigenvalue weighted by Gasteiger charge is 2.16. The maximum Gasteiger partial charge on any atom is 0.339 e. The molecule has 0 spiro atoms. The minimum absolute atomic E-state index is 0.00240. The minimum atomic E-state index is -1.12. The van der Waals surface area contributed by atoms with Crippen LogP contribution in [0.2, 0.25) is 0 Å². The van der Waals surface area contributed by atoms with Gasteiger partial charge in [0, 0.05) is 10.0 Å². The quantitative estimate of drug-likeness (QED) is 0.809. The van der Waals surface area contributed by atoms with Crippen molar-refractivity contribution in [3.05, 3.63) is 62.3 Å². The van der Waals surface area contributed by atoms with E-state index in [4.69, 9.17) is 4.74 Å². The summed E-state index contributed by atoms with van der Waals surface area (Å²) in [7, 11) is 0. The maximum atomic E-state index is 13.5. The largest absolute Gasteiger partial charge is 0.487 e. The van der Waals surface area contributed by atoms with Crippen molar-refractivity contribution < 1.29 is 19.0 Å². The van der Waals surface area contributed by atoms with Crippen molar-refractivity contribution in [3.63, 3.8) is 0 Å². The molecule has 0 atom stereocenters. The highest BCUT2D eigenvalue weighted by atomic mass is 79.9. The van der Waals surface area contributed by atoms with Crippen molar-refractivity contribution in [3.8, 4) is 5.75 Å². The van der Waals surface area contributed by atoms with Crippen LogP contribution >= 0.6 is 31.9 Å². The lowest BCUT2D eigenvalue weighted by Gasteiger charge is -2.12. The van der Waals surface area contributed by atoms with Gasteiger partial charge in [0.1, 0.15) is 23.7 Å². The zero-order valence-corrected chi connectivity index (χ0v) is 13.2. The van der Waals surface area contributed by atoms with Gasteiger partial charge in [0.15, 0.2) is 0 Å². The molecular formula is C14H9Br2FO3. The van der Waals surface area contributed by atoms with Crippen molar-refractivity contribution in [1.29, 1.82) is 0 Å². The molecule has 3 nitrogen and oxygen atoms in total. The molecule has 0 fully saturated rings. The predicted molar refractivity (Wildman–Crippen MR) is 79.5 cm³/mol. The predicted octanol–water partition coefficient (Wildman–Crippen LogP) is 4.63. The van der Waals surface area contributed by atoms with Crippen molar-refractivity contribution in [1.82, 2.24) is 0 Å². The minimum Gasteiger partial charge on any atom is -0.487 e. The highest BCUT2D eigenvalue weighted by molar-refractivity contribution is 9.11. The van der Waals surface area contributed by atoms with E-state index < -0.39 is 11.8 Å². The van der Waals surface area contributed by atoms with Crippen molar-refractivity contribution in [2.24, 2.45) is 0 Å². The average molecular weight is 404 g/mol. The Hall–Kier alpha value is -1.40. The average Bonchev–Trinajstić information content (AvgIpc) is 2.38. The van der Waals surface area contributed by atoms with Gasteiger partial charge in [0.2, 0.25) is 0 Å². The molecule has 0 heterocycles. The molecule has 2 rings (SSSR count). The van der Waals surface area contributed by atoms with Gasteiger partial charge in [-0.15, -0.1) is 0 Å². The first kappa shape index (κ1) is 15.0. The normalized spacial score (nSPS) is 10.3. The zero-order valence-electron chi connectivity index (χ0n) is 10.1. The van der Waals surface area contributed by atoms with Gasteiger partial charge in [0.25, 0.3) is 0 Å². The standard InChI is InChI=1S/C14H9Br2FO3/c15-9-5-10(14(18)19)13(11(16)6-9)20-7-8-3-1-2-4-12(8)17/h1-6H,7H2,(H,18,19). The maximum absolute atomic E-state index is 13.5. The van der Waals surface area contributed by atoms with Gasteiger partial charge in [0.05, 0.1) is 4.47 Å². The van der Waals surface area contributed by atoms with Gasteiger partial charge in [-0.3, -0.25) is 0 Å². The summed E-state index contributed by atoms with van der Waals surface area (Å²) in [5, 5.41) is 9.17. The molecule has 0 bridgehead atoms. The summed E-state index contributed by atoms with van der Waals surface area (Å²) >= 11 is 6.46. The molecule has 2 aromatic carbocycles. The number of carboxylic acid groups (broad SMARTS) is 1. The molecule has 6 heteroatoms. The van der Waals surface area contributed by atoms with E-state index in [9.17, 15) is 14.3 Å². The van der Waals surface area contributed by atoms with Gasteiger partial charge in [-0.05, 0) is 34.1 Å². The van der Waals surface area contributed by atoms with E-state index in [2.05, 4.69) is 31.9 Å². The third-order valence-electron chi connectivity index (χ3n) is 2.57. The lowest BCUT2D eigenvalue weighted by molar-refractivity contribution is 0.0691. The Balaban J connectivity index is 2.30. The Labute approximate surface area is 131 Å². The van der Waals surface area contributed by atoms with Crippen molar-refractivity contribution in [2.45, 2.75) is 6.61 Å². The van der Waals surface area contributed by atoms with Crippen LogP contribution < -0.4 is 4.74 Å². The lowest BCUT2D eigenvalue weighted by atomic mass is 10.2. The first-order valence-corrected chi connectivity index (χ1v) is 7.16. The molecule has 0 aliphatic heterocycles. The molecule has 2 aromatic rings. The molecule has 0 saturated heterocycles. The smallest absolute Gasteiger partial charge is 0.339 e. The SMILES string of the molecule is O=C(O)c1cc(Br)cc(Br)c1OCc1ccccc1F. The third kappa shape index (κ3) is 3.37. The Morgan fingerprint density at radius 2 is 1.95 bits per heavy atom. The summed E-state index contributed by atoms with van der Waals surface area (Å²) in [4.78, 5) is 11.2. The molecule has 0 unspecified atom stereocenters. The Bertz CT molecular complexity index is 659.